The van der Waals surface area contributed by atoms with Crippen molar-refractivity contribution in [3.05, 3.63) is 144 Å². The fourth-order valence-electron chi connectivity index (χ4n) is 7.37. The van der Waals surface area contributed by atoms with Crippen LogP contribution in [0, 0.1) is 5.92 Å². The van der Waals surface area contributed by atoms with Crippen LogP contribution in [0.1, 0.15) is 50.1 Å². The van der Waals surface area contributed by atoms with Gasteiger partial charge in [-0.2, -0.15) is 0 Å². The van der Waals surface area contributed by atoms with E-state index in [1.807, 2.05) is 0 Å². The van der Waals surface area contributed by atoms with Crippen molar-refractivity contribution in [2.24, 2.45) is 5.92 Å². The molecule has 1 N–H and O–H groups in total. The van der Waals surface area contributed by atoms with Gasteiger partial charge in [-0.05, 0) is 70.2 Å². The Morgan fingerprint density at radius 3 is 2.23 bits per heavy atom. The van der Waals surface area contributed by atoms with E-state index in [1.165, 1.54) is 77.5 Å². The lowest BCUT2D eigenvalue weighted by molar-refractivity contribution is 0.681. The summed E-state index contributed by atoms with van der Waals surface area (Å²) in [5, 5.41) is 3.86. The topological polar surface area (TPSA) is 20.7 Å². The molecule has 0 saturated heterocycles. The number of allylic oxidation sites excluding steroid dienone is 2. The minimum atomic E-state index is -0.227. The molecule has 0 radical (unpaired) electrons. The molecule has 1 aliphatic rings. The summed E-state index contributed by atoms with van der Waals surface area (Å²) in [6.45, 7) is 9.37. The largest absolute Gasteiger partial charge is 0.355 e. The van der Waals surface area contributed by atoms with E-state index < -0.39 is 0 Å². The molecule has 2 aromatic heterocycles. The van der Waals surface area contributed by atoms with Gasteiger partial charge in [0.05, 0.1) is 11.0 Å². The van der Waals surface area contributed by atoms with Crippen molar-refractivity contribution in [2.75, 3.05) is 0 Å². The van der Waals surface area contributed by atoms with Crippen LogP contribution in [0.15, 0.2) is 121 Å². The number of rotatable bonds is 3. The molecule has 0 spiro atoms. The standard InChI is InChI=1S/C42H36N2/c1-27(2)25-35-41-32-17-8-10-19-36(32)43-37(41)23-21-31-34(42(35,3)4)22-24-39-40(31)33-18-9-11-20-38(33)44(39)30-16-12-15-29(26-30)28-13-6-5-7-14-28/h5-27,43H,1-4H3/b23-21-,35-25-. The minimum absolute atomic E-state index is 0.227. The Morgan fingerprint density at radius 2 is 1.41 bits per heavy atom. The van der Waals surface area contributed by atoms with E-state index >= 15 is 0 Å². The summed E-state index contributed by atoms with van der Waals surface area (Å²) < 4.78 is 2.44. The number of H-pyrrole nitrogens is 1. The molecule has 0 unspecified atom stereocenters. The van der Waals surface area contributed by atoms with Crippen molar-refractivity contribution in [2.45, 2.75) is 33.1 Å². The molecule has 214 valence electrons. The molecule has 2 nitrogen and oxygen atoms in total. The Balaban J connectivity index is 1.44. The number of hydrogen-bond acceptors (Lipinski definition) is 0. The lowest BCUT2D eigenvalue weighted by atomic mass is 9.70. The van der Waals surface area contributed by atoms with Crippen LogP contribution in [-0.4, -0.2) is 9.55 Å². The third-order valence-electron chi connectivity index (χ3n) is 9.36. The van der Waals surface area contributed by atoms with Gasteiger partial charge in [0.25, 0.3) is 0 Å². The van der Waals surface area contributed by atoms with Crippen molar-refractivity contribution < 1.29 is 0 Å². The van der Waals surface area contributed by atoms with E-state index in [1.54, 1.807) is 0 Å². The fourth-order valence-corrected chi connectivity index (χ4v) is 7.37. The molecular weight excluding hydrogens is 532 g/mol. The van der Waals surface area contributed by atoms with Gasteiger partial charge in [-0.25, -0.2) is 0 Å². The molecule has 8 rings (SSSR count). The van der Waals surface area contributed by atoms with Crippen LogP contribution in [0.2, 0.25) is 0 Å². The molecule has 0 bridgehead atoms. The normalized spacial score (nSPS) is 15.9. The third-order valence-corrected chi connectivity index (χ3v) is 9.36. The van der Waals surface area contributed by atoms with Gasteiger partial charge in [-0.1, -0.05) is 125 Å². The summed E-state index contributed by atoms with van der Waals surface area (Å²) >= 11 is 0. The van der Waals surface area contributed by atoms with Crippen molar-refractivity contribution in [1.82, 2.24) is 9.55 Å². The van der Waals surface area contributed by atoms with Gasteiger partial charge in [-0.15, -0.1) is 0 Å². The molecule has 44 heavy (non-hydrogen) atoms. The van der Waals surface area contributed by atoms with Crippen LogP contribution in [0.4, 0.5) is 0 Å². The van der Waals surface area contributed by atoms with E-state index in [-0.39, 0.29) is 5.41 Å². The predicted octanol–water partition coefficient (Wildman–Crippen LogP) is 11.4. The maximum Gasteiger partial charge on any atom is 0.0547 e. The third kappa shape index (κ3) is 4.02. The highest BCUT2D eigenvalue weighted by molar-refractivity contribution is 6.15. The summed E-state index contributed by atoms with van der Waals surface area (Å²) in [5.41, 5.74) is 13.5. The molecule has 0 saturated carbocycles. The highest BCUT2D eigenvalue weighted by atomic mass is 15.0. The molecule has 2 heteroatoms. The molecule has 2 heterocycles. The van der Waals surface area contributed by atoms with Crippen molar-refractivity contribution in [3.8, 4) is 16.8 Å². The number of benzene rings is 5. The lowest BCUT2D eigenvalue weighted by Gasteiger charge is -2.33. The Bertz CT molecular complexity index is 2270. The molecule has 7 aromatic rings. The molecule has 0 fully saturated rings. The van der Waals surface area contributed by atoms with Crippen LogP contribution in [0.3, 0.4) is 0 Å². The summed E-state index contributed by atoms with van der Waals surface area (Å²) in [4.78, 5) is 3.76. The van der Waals surface area contributed by atoms with Crippen LogP contribution in [0.25, 0.3) is 67.2 Å². The van der Waals surface area contributed by atoms with Crippen LogP contribution >= 0.6 is 0 Å². The minimum Gasteiger partial charge on any atom is -0.355 e. The Kier molecular flexibility index (Phi) is 6.03. The van der Waals surface area contributed by atoms with E-state index in [0.717, 1.165) is 0 Å². The first-order valence-corrected chi connectivity index (χ1v) is 15.7. The molecule has 0 atom stereocenters. The van der Waals surface area contributed by atoms with E-state index in [0.29, 0.717) is 5.92 Å². The average Bonchev–Trinajstić information content (AvgIpc) is 3.58. The zero-order chi connectivity index (χ0) is 30.0. The molecule has 5 aromatic carbocycles. The summed E-state index contributed by atoms with van der Waals surface area (Å²) in [7, 11) is 0. The summed E-state index contributed by atoms with van der Waals surface area (Å²) in [6, 6.07) is 41.9. The Labute approximate surface area is 259 Å². The number of nitrogens with one attached hydrogen (secondary N) is 1. The quantitative estimate of drug-likeness (QED) is 0.219. The number of hydrogen-bond donors (Lipinski definition) is 1. The van der Waals surface area contributed by atoms with Gasteiger partial charge in [0, 0.05) is 44.0 Å². The number of fused-ring (bicyclic) bond motifs is 8. The summed E-state index contributed by atoms with van der Waals surface area (Å²) in [6.07, 6.45) is 7.14. The van der Waals surface area contributed by atoms with Crippen LogP contribution in [-0.2, 0) is 5.41 Å². The fraction of sp³-hybridized carbons (Fsp3) is 0.143. The van der Waals surface area contributed by atoms with Gasteiger partial charge in [0.2, 0.25) is 0 Å². The van der Waals surface area contributed by atoms with Gasteiger partial charge < -0.3 is 9.55 Å². The van der Waals surface area contributed by atoms with Crippen molar-refractivity contribution in [3.63, 3.8) is 0 Å². The van der Waals surface area contributed by atoms with Crippen LogP contribution < -0.4 is 0 Å². The zero-order valence-corrected chi connectivity index (χ0v) is 25.7. The maximum atomic E-state index is 3.76. The number of para-hydroxylation sites is 2. The van der Waals surface area contributed by atoms with Gasteiger partial charge in [0.15, 0.2) is 0 Å². The smallest absolute Gasteiger partial charge is 0.0547 e. The van der Waals surface area contributed by atoms with Gasteiger partial charge in [0.1, 0.15) is 0 Å². The first-order valence-electron chi connectivity index (χ1n) is 15.7. The number of aromatic amines is 1. The molecular formula is C42H36N2. The molecule has 0 amide bonds. The number of nitrogens with zero attached hydrogens (tertiary/aromatic N) is 1. The monoisotopic (exact) mass is 568 g/mol. The molecule has 0 aliphatic heterocycles. The predicted molar refractivity (Wildman–Crippen MR) is 189 cm³/mol. The highest BCUT2D eigenvalue weighted by Crippen LogP contribution is 2.48. The zero-order valence-electron chi connectivity index (χ0n) is 25.7. The average molecular weight is 569 g/mol. The van der Waals surface area contributed by atoms with Crippen molar-refractivity contribution >= 4 is 50.4 Å². The van der Waals surface area contributed by atoms with Gasteiger partial charge in [-0.3, -0.25) is 0 Å². The van der Waals surface area contributed by atoms with Crippen LogP contribution in [0.5, 0.6) is 0 Å². The van der Waals surface area contributed by atoms with E-state index in [4.69, 9.17) is 0 Å². The highest BCUT2D eigenvalue weighted by Gasteiger charge is 2.34. The first kappa shape index (κ1) is 26.5. The van der Waals surface area contributed by atoms with E-state index in [9.17, 15) is 0 Å². The van der Waals surface area contributed by atoms with E-state index in [2.05, 4.69) is 171 Å². The second kappa shape index (κ2) is 9.99. The molecule has 1 aliphatic carbocycles. The van der Waals surface area contributed by atoms with Crippen molar-refractivity contribution in [1.29, 1.82) is 0 Å². The second-order valence-corrected chi connectivity index (χ2v) is 12.9. The first-order chi connectivity index (χ1) is 21.4. The maximum absolute atomic E-state index is 3.76. The van der Waals surface area contributed by atoms with Gasteiger partial charge >= 0.3 is 0 Å². The number of aromatic nitrogens is 2. The second-order valence-electron chi connectivity index (χ2n) is 12.9. The SMILES string of the molecule is CC(C)/C=C1/c2c([nH]c3ccccc23)/C=C\c2c(ccc3c2c2ccccc2n3-c2cccc(-c3ccccc3)c2)C1(C)C. The Morgan fingerprint density at radius 1 is 0.682 bits per heavy atom. The lowest BCUT2D eigenvalue weighted by Crippen LogP contribution is -2.22. The summed E-state index contributed by atoms with van der Waals surface area (Å²) in [5.74, 6) is 0.417. The Hall–Kier alpha value is -5.08.